The normalized spacial score (nSPS) is 12.5. The summed E-state index contributed by atoms with van der Waals surface area (Å²) in [6, 6.07) is 99.3. The zero-order chi connectivity index (χ0) is 45.7. The van der Waals surface area contributed by atoms with Gasteiger partial charge in [-0.05, 0) is 127 Å². The maximum absolute atomic E-state index is 6.37. The van der Waals surface area contributed by atoms with Crippen LogP contribution in [0, 0.1) is 0 Å². The van der Waals surface area contributed by atoms with Gasteiger partial charge in [-0.3, -0.25) is 0 Å². The highest BCUT2D eigenvalue weighted by Gasteiger charge is 2.46. The lowest BCUT2D eigenvalue weighted by molar-refractivity contribution is 0.669. The van der Waals surface area contributed by atoms with Crippen LogP contribution in [0.1, 0.15) is 22.3 Å². The third kappa shape index (κ3) is 6.72. The number of hydrogen-bond acceptors (Lipinski definition) is 2. The summed E-state index contributed by atoms with van der Waals surface area (Å²) in [6.45, 7) is 0. The van der Waals surface area contributed by atoms with Crippen LogP contribution in [0.5, 0.6) is 0 Å². The predicted molar refractivity (Wildman–Crippen MR) is 287 cm³/mol. The molecule has 0 saturated carbocycles. The first-order valence-corrected chi connectivity index (χ1v) is 23.7. The molecular weight excluding hydrogens is 835 g/mol. The molecule has 2 heteroatoms. The van der Waals surface area contributed by atoms with Crippen molar-refractivity contribution >= 4 is 39.0 Å². The summed E-state index contributed by atoms with van der Waals surface area (Å²) in [5, 5.41) is 2.24. The zero-order valence-corrected chi connectivity index (χ0v) is 37.8. The summed E-state index contributed by atoms with van der Waals surface area (Å²) in [4.78, 5) is 2.42. The van der Waals surface area contributed by atoms with E-state index in [4.69, 9.17) is 4.42 Å². The van der Waals surface area contributed by atoms with Crippen LogP contribution in [-0.4, -0.2) is 0 Å². The Labute approximate surface area is 402 Å². The smallest absolute Gasteiger partial charge is 0.136 e. The molecule has 0 radical (unpaired) electrons. The quantitative estimate of drug-likeness (QED) is 0.144. The largest absolute Gasteiger partial charge is 0.456 e. The molecule has 0 atom stereocenters. The first-order valence-electron chi connectivity index (χ1n) is 23.7. The molecule has 1 aromatic heterocycles. The summed E-state index contributed by atoms with van der Waals surface area (Å²) in [5.74, 6) is 0. The average molecular weight is 880 g/mol. The molecule has 0 spiro atoms. The van der Waals surface area contributed by atoms with Gasteiger partial charge in [0, 0.05) is 27.7 Å². The molecule has 11 aromatic carbocycles. The number of hydrogen-bond donors (Lipinski definition) is 0. The van der Waals surface area contributed by atoms with E-state index in [1.165, 1.54) is 50.1 Å². The molecule has 12 aromatic rings. The maximum atomic E-state index is 6.37. The van der Waals surface area contributed by atoms with E-state index < -0.39 is 5.41 Å². The van der Waals surface area contributed by atoms with Gasteiger partial charge in [-0.25, -0.2) is 0 Å². The first kappa shape index (κ1) is 40.3. The minimum atomic E-state index is -0.439. The van der Waals surface area contributed by atoms with Gasteiger partial charge < -0.3 is 9.32 Å². The molecule has 0 N–H and O–H groups in total. The summed E-state index contributed by atoms with van der Waals surface area (Å²) in [7, 11) is 0. The van der Waals surface area contributed by atoms with E-state index in [1.54, 1.807) is 0 Å². The van der Waals surface area contributed by atoms with Gasteiger partial charge in [-0.2, -0.15) is 0 Å². The minimum absolute atomic E-state index is 0.439. The van der Waals surface area contributed by atoms with E-state index in [-0.39, 0.29) is 0 Å². The summed E-state index contributed by atoms with van der Waals surface area (Å²) in [6.07, 6.45) is 0. The van der Waals surface area contributed by atoms with Crippen LogP contribution in [0.25, 0.3) is 77.6 Å². The minimum Gasteiger partial charge on any atom is -0.456 e. The van der Waals surface area contributed by atoms with Gasteiger partial charge in [0.2, 0.25) is 0 Å². The lowest BCUT2D eigenvalue weighted by Crippen LogP contribution is -2.28. The summed E-state index contributed by atoms with van der Waals surface area (Å²) < 4.78 is 6.37. The highest BCUT2D eigenvalue weighted by Crippen LogP contribution is 2.57. The number of benzene rings is 11. The Morgan fingerprint density at radius 2 is 0.783 bits per heavy atom. The van der Waals surface area contributed by atoms with Crippen LogP contribution in [0.3, 0.4) is 0 Å². The molecular formula is C67H45NO. The van der Waals surface area contributed by atoms with Crippen molar-refractivity contribution in [3.8, 4) is 55.6 Å². The number of anilines is 3. The topological polar surface area (TPSA) is 16.4 Å². The van der Waals surface area contributed by atoms with E-state index in [9.17, 15) is 0 Å². The van der Waals surface area contributed by atoms with Crippen molar-refractivity contribution < 1.29 is 4.42 Å². The third-order valence-electron chi connectivity index (χ3n) is 14.1. The number of furan rings is 1. The zero-order valence-electron chi connectivity index (χ0n) is 37.8. The van der Waals surface area contributed by atoms with Crippen molar-refractivity contribution in [1.82, 2.24) is 0 Å². The molecule has 13 rings (SSSR count). The predicted octanol–water partition coefficient (Wildman–Crippen LogP) is 18.1. The Kier molecular flexibility index (Phi) is 9.77. The van der Waals surface area contributed by atoms with Gasteiger partial charge in [-0.1, -0.05) is 218 Å². The molecule has 0 saturated heterocycles. The number of fused-ring (bicyclic) bond motifs is 6. The van der Waals surface area contributed by atoms with Crippen molar-refractivity contribution in [2.24, 2.45) is 0 Å². The monoisotopic (exact) mass is 879 g/mol. The summed E-state index contributed by atoms with van der Waals surface area (Å²) >= 11 is 0. The molecule has 0 fully saturated rings. The molecule has 0 aliphatic heterocycles. The standard InChI is InChI=1S/C67H45NO/c1-4-20-46(21-5-1)48-23-17-30-54(43-48)68(55-31-18-25-51(44-55)57-35-19-39-65-66(57)59-34-12-15-38-64(59)69-65)63-37-14-11-32-56(63)50-24-16-22-47(42-50)49-40-41-62-60(45-49)58-33-10-13-36-61(58)67(62,52-26-6-2-7-27-52)53-28-8-3-9-29-53/h1-45H. The maximum Gasteiger partial charge on any atom is 0.136 e. The van der Waals surface area contributed by atoms with Crippen LogP contribution in [0.4, 0.5) is 17.1 Å². The van der Waals surface area contributed by atoms with Crippen LogP contribution < -0.4 is 4.90 Å². The lowest BCUT2D eigenvalue weighted by atomic mass is 9.67. The second kappa shape index (κ2) is 16.7. The van der Waals surface area contributed by atoms with Gasteiger partial charge in [-0.15, -0.1) is 0 Å². The second-order valence-corrected chi connectivity index (χ2v) is 18.0. The van der Waals surface area contributed by atoms with Crippen molar-refractivity contribution in [2.75, 3.05) is 4.90 Å². The Morgan fingerprint density at radius 3 is 1.54 bits per heavy atom. The summed E-state index contributed by atoms with van der Waals surface area (Å²) in [5.41, 5.74) is 21.5. The van der Waals surface area contributed by atoms with Crippen LogP contribution in [0.15, 0.2) is 277 Å². The van der Waals surface area contributed by atoms with Crippen LogP contribution >= 0.6 is 0 Å². The average Bonchev–Trinajstić information content (AvgIpc) is 3.96. The third-order valence-corrected chi connectivity index (χ3v) is 14.1. The molecule has 0 amide bonds. The Balaban J connectivity index is 0.958. The first-order chi connectivity index (χ1) is 34.2. The van der Waals surface area contributed by atoms with Crippen LogP contribution in [-0.2, 0) is 5.41 Å². The van der Waals surface area contributed by atoms with E-state index >= 15 is 0 Å². The molecule has 324 valence electrons. The van der Waals surface area contributed by atoms with E-state index in [1.807, 2.05) is 6.07 Å². The molecule has 1 aliphatic carbocycles. The Bertz CT molecular complexity index is 3810. The van der Waals surface area contributed by atoms with Gasteiger partial charge in [0.1, 0.15) is 11.2 Å². The Morgan fingerprint density at radius 1 is 0.290 bits per heavy atom. The number of para-hydroxylation sites is 2. The molecule has 69 heavy (non-hydrogen) atoms. The lowest BCUT2D eigenvalue weighted by Gasteiger charge is -2.33. The van der Waals surface area contributed by atoms with Crippen molar-refractivity contribution in [2.45, 2.75) is 5.41 Å². The fourth-order valence-corrected chi connectivity index (χ4v) is 11.1. The van der Waals surface area contributed by atoms with Crippen molar-refractivity contribution in [3.63, 3.8) is 0 Å². The molecule has 0 bridgehead atoms. The SMILES string of the molecule is c1ccc(-c2cccc(N(c3cccc(-c4cccc5oc6ccccc6c45)c3)c3ccccc3-c3cccc(-c4ccc5c(c4)-c4ccccc4C5(c4ccccc4)c4ccccc4)c3)c2)cc1. The highest BCUT2D eigenvalue weighted by atomic mass is 16.3. The number of rotatable bonds is 9. The fraction of sp³-hybridized carbons (Fsp3) is 0.0149. The Hall–Kier alpha value is -8.98. The highest BCUT2D eigenvalue weighted by molar-refractivity contribution is 6.12. The van der Waals surface area contributed by atoms with Gasteiger partial charge >= 0.3 is 0 Å². The van der Waals surface area contributed by atoms with E-state index in [2.05, 4.69) is 272 Å². The molecule has 2 nitrogen and oxygen atoms in total. The van der Waals surface area contributed by atoms with E-state index in [0.717, 1.165) is 66.8 Å². The van der Waals surface area contributed by atoms with Crippen molar-refractivity contribution in [3.05, 3.63) is 295 Å². The fourth-order valence-electron chi connectivity index (χ4n) is 11.1. The molecule has 1 aliphatic rings. The van der Waals surface area contributed by atoms with Gasteiger partial charge in [0.25, 0.3) is 0 Å². The molecule has 1 heterocycles. The second-order valence-electron chi connectivity index (χ2n) is 18.0. The van der Waals surface area contributed by atoms with Crippen molar-refractivity contribution in [1.29, 1.82) is 0 Å². The number of nitrogens with zero attached hydrogens (tertiary/aromatic N) is 1. The van der Waals surface area contributed by atoms with Gasteiger partial charge in [0.05, 0.1) is 11.1 Å². The van der Waals surface area contributed by atoms with Gasteiger partial charge in [0.15, 0.2) is 0 Å². The van der Waals surface area contributed by atoms with Crippen LogP contribution in [0.2, 0.25) is 0 Å². The van der Waals surface area contributed by atoms with E-state index in [0.29, 0.717) is 0 Å². The molecule has 0 unspecified atom stereocenters.